The number of fused-ring (bicyclic) bond motifs is 1. The predicted octanol–water partition coefficient (Wildman–Crippen LogP) is 4.11. The zero-order valence-electron chi connectivity index (χ0n) is 10.6. The Kier molecular flexibility index (Phi) is 2.99. The number of rotatable bonds is 2. The molecule has 0 amide bonds. The van der Waals surface area contributed by atoms with Crippen molar-refractivity contribution in [1.82, 2.24) is 4.98 Å². The highest BCUT2D eigenvalue weighted by Crippen LogP contribution is 2.31. The van der Waals surface area contributed by atoms with Crippen LogP contribution in [0.2, 0.25) is 0 Å². The summed E-state index contributed by atoms with van der Waals surface area (Å²) in [4.78, 5) is 16.7. The van der Waals surface area contributed by atoms with Gasteiger partial charge < -0.3 is 5.11 Å². The Bertz CT molecular complexity index is 826. The van der Waals surface area contributed by atoms with Crippen molar-refractivity contribution in [3.05, 3.63) is 52.7 Å². The number of carboxylic acids is 1. The average Bonchev–Trinajstić information content (AvgIpc) is 2.83. The summed E-state index contributed by atoms with van der Waals surface area (Å²) in [6.45, 7) is 1.93. The van der Waals surface area contributed by atoms with Gasteiger partial charge in [-0.2, -0.15) is 0 Å². The SMILES string of the molecule is Cc1ccsc1-c1cc(C(=O)O)c2ccc(F)cc2n1. The number of benzene rings is 1. The molecule has 0 spiro atoms. The molecule has 1 aromatic carbocycles. The van der Waals surface area contributed by atoms with Gasteiger partial charge in [-0.3, -0.25) is 0 Å². The van der Waals surface area contributed by atoms with E-state index < -0.39 is 11.8 Å². The molecule has 0 bridgehead atoms. The van der Waals surface area contributed by atoms with Crippen LogP contribution in [-0.2, 0) is 0 Å². The van der Waals surface area contributed by atoms with E-state index >= 15 is 0 Å². The fourth-order valence-electron chi connectivity index (χ4n) is 2.13. The number of aromatic nitrogens is 1. The molecule has 0 unspecified atom stereocenters. The first kappa shape index (κ1) is 12.7. The van der Waals surface area contributed by atoms with Gasteiger partial charge in [0.15, 0.2) is 0 Å². The standard InChI is InChI=1S/C15H10FNO2S/c1-8-4-5-20-14(8)13-7-11(15(18)19)10-3-2-9(16)6-12(10)17-13/h2-7H,1H3,(H,18,19). The molecule has 0 saturated heterocycles. The van der Waals surface area contributed by atoms with Crippen LogP contribution in [0.1, 0.15) is 15.9 Å². The summed E-state index contributed by atoms with van der Waals surface area (Å²) in [6.07, 6.45) is 0. The molecule has 100 valence electrons. The molecule has 0 aliphatic carbocycles. The Morgan fingerprint density at radius 1 is 1.30 bits per heavy atom. The second-order valence-electron chi connectivity index (χ2n) is 4.45. The molecule has 20 heavy (non-hydrogen) atoms. The number of carboxylic acid groups (broad SMARTS) is 1. The third kappa shape index (κ3) is 2.06. The van der Waals surface area contributed by atoms with Crippen LogP contribution in [0.3, 0.4) is 0 Å². The largest absolute Gasteiger partial charge is 0.478 e. The molecule has 1 N–H and O–H groups in total. The van der Waals surface area contributed by atoms with Gasteiger partial charge in [-0.05, 0) is 42.1 Å². The van der Waals surface area contributed by atoms with E-state index in [4.69, 9.17) is 0 Å². The maximum atomic E-state index is 13.3. The lowest BCUT2D eigenvalue weighted by Gasteiger charge is -2.06. The van der Waals surface area contributed by atoms with Gasteiger partial charge in [0.2, 0.25) is 0 Å². The Morgan fingerprint density at radius 3 is 2.75 bits per heavy atom. The minimum atomic E-state index is -1.04. The normalized spacial score (nSPS) is 10.9. The highest BCUT2D eigenvalue weighted by molar-refractivity contribution is 7.13. The lowest BCUT2D eigenvalue weighted by atomic mass is 10.1. The number of thiophene rings is 1. The summed E-state index contributed by atoms with van der Waals surface area (Å²) in [6, 6.07) is 7.44. The van der Waals surface area contributed by atoms with Gasteiger partial charge in [-0.15, -0.1) is 11.3 Å². The van der Waals surface area contributed by atoms with Crippen LogP contribution in [0.4, 0.5) is 4.39 Å². The average molecular weight is 287 g/mol. The fraction of sp³-hybridized carbons (Fsp3) is 0.0667. The zero-order chi connectivity index (χ0) is 14.3. The maximum absolute atomic E-state index is 13.3. The van der Waals surface area contributed by atoms with E-state index in [2.05, 4.69) is 4.98 Å². The van der Waals surface area contributed by atoms with E-state index in [0.29, 0.717) is 16.6 Å². The van der Waals surface area contributed by atoms with Crippen molar-refractivity contribution in [3.63, 3.8) is 0 Å². The zero-order valence-corrected chi connectivity index (χ0v) is 11.4. The third-order valence-electron chi connectivity index (χ3n) is 3.10. The summed E-state index contributed by atoms with van der Waals surface area (Å²) in [5.41, 5.74) is 2.08. The van der Waals surface area contributed by atoms with Crippen LogP contribution >= 0.6 is 11.3 Å². The van der Waals surface area contributed by atoms with E-state index in [1.807, 2.05) is 18.4 Å². The molecule has 0 atom stereocenters. The van der Waals surface area contributed by atoms with Gasteiger partial charge in [0.05, 0.1) is 21.7 Å². The van der Waals surface area contributed by atoms with Gasteiger partial charge >= 0.3 is 5.97 Å². The summed E-state index contributed by atoms with van der Waals surface area (Å²) in [5, 5.41) is 11.7. The molecule has 3 nitrogen and oxygen atoms in total. The Morgan fingerprint density at radius 2 is 2.10 bits per heavy atom. The lowest BCUT2D eigenvalue weighted by Crippen LogP contribution is -2.00. The van der Waals surface area contributed by atoms with Crippen molar-refractivity contribution in [2.24, 2.45) is 0 Å². The van der Waals surface area contributed by atoms with Gasteiger partial charge in [0.1, 0.15) is 5.82 Å². The van der Waals surface area contributed by atoms with E-state index in [1.165, 1.54) is 29.5 Å². The van der Waals surface area contributed by atoms with Crippen molar-refractivity contribution < 1.29 is 14.3 Å². The van der Waals surface area contributed by atoms with Gasteiger partial charge in [-0.25, -0.2) is 14.2 Å². The Labute approximate surface area is 118 Å². The number of pyridine rings is 1. The first-order valence-corrected chi connectivity index (χ1v) is 6.82. The number of hydrogen-bond donors (Lipinski definition) is 1. The molecule has 0 radical (unpaired) electrons. The van der Waals surface area contributed by atoms with Gasteiger partial charge in [0, 0.05) is 11.5 Å². The number of aryl methyl sites for hydroxylation is 1. The van der Waals surface area contributed by atoms with Crippen LogP contribution in [0.25, 0.3) is 21.5 Å². The first-order chi connectivity index (χ1) is 9.56. The highest BCUT2D eigenvalue weighted by Gasteiger charge is 2.15. The first-order valence-electron chi connectivity index (χ1n) is 5.94. The molecule has 5 heteroatoms. The molecule has 2 aromatic heterocycles. The van der Waals surface area contributed by atoms with Crippen LogP contribution in [-0.4, -0.2) is 16.1 Å². The number of aromatic carboxylic acids is 1. The molecule has 3 rings (SSSR count). The highest BCUT2D eigenvalue weighted by atomic mass is 32.1. The number of carbonyl (C=O) groups is 1. The number of halogens is 1. The number of nitrogens with zero attached hydrogens (tertiary/aromatic N) is 1. The van der Waals surface area contributed by atoms with Crippen LogP contribution in [0.15, 0.2) is 35.7 Å². The van der Waals surface area contributed by atoms with Crippen molar-refractivity contribution in [2.75, 3.05) is 0 Å². The van der Waals surface area contributed by atoms with Crippen molar-refractivity contribution in [3.8, 4) is 10.6 Å². The third-order valence-corrected chi connectivity index (χ3v) is 4.14. The quantitative estimate of drug-likeness (QED) is 0.771. The second-order valence-corrected chi connectivity index (χ2v) is 5.37. The smallest absolute Gasteiger partial charge is 0.336 e. The lowest BCUT2D eigenvalue weighted by molar-refractivity contribution is 0.0699. The van der Waals surface area contributed by atoms with Crippen molar-refractivity contribution >= 4 is 28.2 Å². The summed E-state index contributed by atoms with van der Waals surface area (Å²) in [5.74, 6) is -1.47. The summed E-state index contributed by atoms with van der Waals surface area (Å²) in [7, 11) is 0. The second kappa shape index (κ2) is 4.68. The van der Waals surface area contributed by atoms with E-state index in [1.54, 1.807) is 6.07 Å². The van der Waals surface area contributed by atoms with Crippen LogP contribution in [0, 0.1) is 12.7 Å². The van der Waals surface area contributed by atoms with Gasteiger partial charge in [-0.1, -0.05) is 0 Å². The molecular weight excluding hydrogens is 277 g/mol. The van der Waals surface area contributed by atoms with Crippen molar-refractivity contribution in [2.45, 2.75) is 6.92 Å². The molecule has 0 aliphatic heterocycles. The summed E-state index contributed by atoms with van der Waals surface area (Å²) < 4.78 is 13.3. The summed E-state index contributed by atoms with van der Waals surface area (Å²) >= 11 is 1.49. The van der Waals surface area contributed by atoms with E-state index in [0.717, 1.165) is 10.4 Å². The van der Waals surface area contributed by atoms with Gasteiger partial charge in [0.25, 0.3) is 0 Å². The molecule has 0 aliphatic rings. The maximum Gasteiger partial charge on any atom is 0.336 e. The van der Waals surface area contributed by atoms with E-state index in [9.17, 15) is 14.3 Å². The molecule has 0 fully saturated rings. The minimum Gasteiger partial charge on any atom is -0.478 e. The predicted molar refractivity (Wildman–Crippen MR) is 76.7 cm³/mol. The molecule has 0 saturated carbocycles. The molecule has 2 heterocycles. The monoisotopic (exact) mass is 287 g/mol. The fourth-order valence-corrected chi connectivity index (χ4v) is 3.02. The van der Waals surface area contributed by atoms with Crippen LogP contribution in [0.5, 0.6) is 0 Å². The van der Waals surface area contributed by atoms with Crippen molar-refractivity contribution in [1.29, 1.82) is 0 Å². The molecule has 3 aromatic rings. The molecular formula is C15H10FNO2S. The minimum absolute atomic E-state index is 0.137. The Hall–Kier alpha value is -2.27. The Balaban J connectivity index is 2.35. The topological polar surface area (TPSA) is 50.2 Å². The number of hydrogen-bond acceptors (Lipinski definition) is 3. The van der Waals surface area contributed by atoms with E-state index in [-0.39, 0.29) is 5.56 Å². The van der Waals surface area contributed by atoms with Crippen LogP contribution < -0.4 is 0 Å².